The molecule has 26 heavy (non-hydrogen) atoms. The first-order valence-corrected chi connectivity index (χ1v) is 9.14. The number of nitrogens with zero attached hydrogens (tertiary/aromatic N) is 6. The molecule has 0 bridgehead atoms. The van der Waals surface area contributed by atoms with Crippen molar-refractivity contribution in [2.24, 2.45) is 0 Å². The van der Waals surface area contributed by atoms with Crippen molar-refractivity contribution in [2.45, 2.75) is 39.7 Å². The van der Waals surface area contributed by atoms with Gasteiger partial charge in [-0.05, 0) is 13.0 Å². The summed E-state index contributed by atoms with van der Waals surface area (Å²) in [7, 11) is 0. The number of hydrogen-bond acceptors (Lipinski definition) is 6. The van der Waals surface area contributed by atoms with Gasteiger partial charge in [0.15, 0.2) is 5.82 Å². The highest BCUT2D eigenvalue weighted by atomic mass is 16.5. The Bertz CT molecular complexity index is 898. The van der Waals surface area contributed by atoms with Crippen molar-refractivity contribution >= 4 is 11.3 Å². The fourth-order valence-electron chi connectivity index (χ4n) is 3.36. The van der Waals surface area contributed by atoms with E-state index in [1.54, 1.807) is 0 Å². The molecule has 3 aromatic heterocycles. The van der Waals surface area contributed by atoms with Gasteiger partial charge in [0.25, 0.3) is 0 Å². The maximum Gasteiger partial charge on any atom is 0.154 e. The quantitative estimate of drug-likeness (QED) is 0.721. The summed E-state index contributed by atoms with van der Waals surface area (Å²) < 4.78 is 7.12. The first kappa shape index (κ1) is 17.0. The number of piperazine rings is 1. The Morgan fingerprint density at radius 2 is 1.88 bits per heavy atom. The normalized spacial score (nSPS) is 16.5. The Hall–Kier alpha value is -2.41. The number of aromatic nitrogens is 4. The molecule has 1 saturated heterocycles. The molecule has 1 aliphatic heterocycles. The van der Waals surface area contributed by atoms with Crippen LogP contribution in [0.3, 0.4) is 0 Å². The van der Waals surface area contributed by atoms with Crippen LogP contribution in [-0.2, 0) is 12.0 Å². The molecule has 0 radical (unpaired) electrons. The first-order chi connectivity index (χ1) is 12.4. The van der Waals surface area contributed by atoms with E-state index in [1.807, 2.05) is 29.9 Å². The predicted octanol–water partition coefficient (Wildman–Crippen LogP) is 2.65. The molecule has 0 atom stereocenters. The molecule has 0 aliphatic carbocycles. The van der Waals surface area contributed by atoms with Gasteiger partial charge in [0.05, 0.1) is 11.4 Å². The van der Waals surface area contributed by atoms with E-state index in [0.29, 0.717) is 0 Å². The predicted molar refractivity (Wildman–Crippen MR) is 100 cm³/mol. The van der Waals surface area contributed by atoms with Crippen LogP contribution in [0.5, 0.6) is 0 Å². The summed E-state index contributed by atoms with van der Waals surface area (Å²) in [5, 5.41) is 8.83. The molecule has 7 nitrogen and oxygen atoms in total. The summed E-state index contributed by atoms with van der Waals surface area (Å²) >= 11 is 0. The number of rotatable bonds is 3. The van der Waals surface area contributed by atoms with Crippen LogP contribution in [0.1, 0.15) is 37.9 Å². The molecule has 3 aromatic rings. The highest BCUT2D eigenvalue weighted by Gasteiger charge is 2.23. The number of aryl methyl sites for hydroxylation is 1. The molecule has 0 spiro atoms. The Morgan fingerprint density at radius 3 is 2.54 bits per heavy atom. The average Bonchev–Trinajstić information content (AvgIpc) is 3.21. The molecule has 138 valence electrons. The van der Waals surface area contributed by atoms with Gasteiger partial charge in [-0.25, -0.2) is 9.50 Å². The van der Waals surface area contributed by atoms with Gasteiger partial charge >= 0.3 is 0 Å². The molecule has 0 unspecified atom stereocenters. The van der Waals surface area contributed by atoms with E-state index in [1.165, 1.54) is 0 Å². The maximum absolute atomic E-state index is 5.17. The maximum atomic E-state index is 5.17. The Labute approximate surface area is 153 Å². The molecular weight excluding hydrogens is 328 g/mol. The molecule has 1 fully saturated rings. The minimum Gasteiger partial charge on any atom is -0.361 e. The van der Waals surface area contributed by atoms with Gasteiger partial charge in [-0.3, -0.25) is 4.90 Å². The molecule has 0 aromatic carbocycles. The van der Waals surface area contributed by atoms with Crippen LogP contribution in [0, 0.1) is 6.92 Å². The van der Waals surface area contributed by atoms with Crippen molar-refractivity contribution < 1.29 is 4.52 Å². The molecule has 0 N–H and O–H groups in total. The number of fused-ring (bicyclic) bond motifs is 1. The number of hydrogen-bond donors (Lipinski definition) is 0. The van der Waals surface area contributed by atoms with Gasteiger partial charge in [-0.1, -0.05) is 25.9 Å². The smallest absolute Gasteiger partial charge is 0.154 e. The summed E-state index contributed by atoms with van der Waals surface area (Å²) in [6, 6.07) is 4.18. The van der Waals surface area contributed by atoms with Crippen LogP contribution >= 0.6 is 0 Å². The van der Waals surface area contributed by atoms with Crippen LogP contribution < -0.4 is 4.90 Å². The monoisotopic (exact) mass is 354 g/mol. The summed E-state index contributed by atoms with van der Waals surface area (Å²) in [5.74, 6) is 1.89. The molecular formula is C19H26N6O. The topological polar surface area (TPSA) is 62.7 Å². The molecule has 0 amide bonds. The summed E-state index contributed by atoms with van der Waals surface area (Å²) in [6.45, 7) is 13.2. The van der Waals surface area contributed by atoms with Crippen LogP contribution in [0.25, 0.3) is 5.52 Å². The van der Waals surface area contributed by atoms with Crippen molar-refractivity contribution in [3.8, 4) is 0 Å². The van der Waals surface area contributed by atoms with E-state index in [9.17, 15) is 0 Å². The lowest BCUT2D eigenvalue weighted by atomic mass is 9.92. The number of anilines is 1. The highest BCUT2D eigenvalue weighted by molar-refractivity contribution is 5.69. The summed E-state index contributed by atoms with van der Waals surface area (Å²) in [5.41, 5.74) is 3.20. The van der Waals surface area contributed by atoms with Gasteiger partial charge in [0.1, 0.15) is 11.3 Å². The fourth-order valence-corrected chi connectivity index (χ4v) is 3.36. The zero-order valence-corrected chi connectivity index (χ0v) is 15.9. The lowest BCUT2D eigenvalue weighted by Crippen LogP contribution is -2.46. The van der Waals surface area contributed by atoms with Gasteiger partial charge in [-0.2, -0.15) is 5.10 Å². The Kier molecular flexibility index (Phi) is 4.19. The van der Waals surface area contributed by atoms with Gasteiger partial charge in [0, 0.05) is 56.6 Å². The van der Waals surface area contributed by atoms with Crippen LogP contribution in [0.2, 0.25) is 0 Å². The highest BCUT2D eigenvalue weighted by Crippen LogP contribution is 2.26. The molecule has 7 heteroatoms. The van der Waals surface area contributed by atoms with Crippen molar-refractivity contribution in [3.63, 3.8) is 0 Å². The minimum absolute atomic E-state index is 0.0255. The molecule has 4 rings (SSSR count). The second-order valence-electron chi connectivity index (χ2n) is 8.05. The van der Waals surface area contributed by atoms with E-state index in [4.69, 9.17) is 9.62 Å². The summed E-state index contributed by atoms with van der Waals surface area (Å²) in [4.78, 5) is 9.42. The van der Waals surface area contributed by atoms with Crippen molar-refractivity contribution in [2.75, 3.05) is 31.1 Å². The van der Waals surface area contributed by atoms with Crippen molar-refractivity contribution in [1.29, 1.82) is 0 Å². The minimum atomic E-state index is 0.0255. The van der Waals surface area contributed by atoms with E-state index < -0.39 is 0 Å². The van der Waals surface area contributed by atoms with Crippen molar-refractivity contribution in [1.82, 2.24) is 24.7 Å². The fraction of sp³-hybridized carbons (Fsp3) is 0.526. The van der Waals surface area contributed by atoms with Gasteiger partial charge in [0.2, 0.25) is 0 Å². The Morgan fingerprint density at radius 1 is 1.12 bits per heavy atom. The zero-order valence-electron chi connectivity index (χ0n) is 15.9. The molecule has 1 aliphatic rings. The van der Waals surface area contributed by atoms with E-state index in [-0.39, 0.29) is 5.41 Å². The van der Waals surface area contributed by atoms with E-state index in [0.717, 1.165) is 61.2 Å². The average molecular weight is 354 g/mol. The lowest BCUT2D eigenvalue weighted by molar-refractivity contribution is 0.241. The molecule has 0 saturated carbocycles. The van der Waals surface area contributed by atoms with Crippen LogP contribution in [-0.4, -0.2) is 50.8 Å². The third kappa shape index (κ3) is 3.31. The molecule has 4 heterocycles. The Balaban J connectivity index is 1.49. The van der Waals surface area contributed by atoms with E-state index >= 15 is 0 Å². The second kappa shape index (κ2) is 6.39. The SMILES string of the molecule is Cc1cc(CN2CCN(c3nccn4nc(C(C)(C)C)cc34)CC2)no1. The standard InChI is InChI=1S/C19H26N6O/c1-14-11-15(22-26-14)13-23-7-9-24(10-8-23)18-16-12-17(19(2,3)4)21-25(16)6-5-20-18/h5-6,11-12H,7-10,13H2,1-4H3. The van der Waals surface area contributed by atoms with Crippen LogP contribution in [0.4, 0.5) is 5.82 Å². The van der Waals surface area contributed by atoms with Gasteiger partial charge in [-0.15, -0.1) is 0 Å². The largest absolute Gasteiger partial charge is 0.361 e. The van der Waals surface area contributed by atoms with Crippen LogP contribution in [0.15, 0.2) is 29.0 Å². The first-order valence-electron chi connectivity index (χ1n) is 9.14. The third-order valence-corrected chi connectivity index (χ3v) is 4.87. The zero-order chi connectivity index (χ0) is 18.3. The lowest BCUT2D eigenvalue weighted by Gasteiger charge is -2.35. The third-order valence-electron chi connectivity index (χ3n) is 4.87. The van der Waals surface area contributed by atoms with E-state index in [2.05, 4.69) is 46.8 Å². The second-order valence-corrected chi connectivity index (χ2v) is 8.05. The van der Waals surface area contributed by atoms with Gasteiger partial charge < -0.3 is 9.42 Å². The van der Waals surface area contributed by atoms with Crippen molar-refractivity contribution in [3.05, 3.63) is 41.7 Å². The summed E-state index contributed by atoms with van der Waals surface area (Å²) in [6.07, 6.45) is 3.77.